The van der Waals surface area contributed by atoms with Gasteiger partial charge in [-0.3, -0.25) is 9.78 Å². The van der Waals surface area contributed by atoms with Crippen LogP contribution in [0.1, 0.15) is 61.6 Å². The molecule has 1 aliphatic heterocycles. The number of likely N-dealkylation sites (N-methyl/N-ethyl adjacent to an activating group) is 1. The molecule has 0 bridgehead atoms. The van der Waals surface area contributed by atoms with E-state index in [1.54, 1.807) is 17.4 Å². The van der Waals surface area contributed by atoms with Gasteiger partial charge in [0.25, 0.3) is 5.91 Å². The van der Waals surface area contributed by atoms with Gasteiger partial charge < -0.3 is 9.33 Å². The minimum atomic E-state index is -1.77. The van der Waals surface area contributed by atoms with Gasteiger partial charge in [-0.2, -0.15) is 5.10 Å². The first-order chi connectivity index (χ1) is 18.1. The van der Waals surface area contributed by atoms with E-state index < -0.39 is 8.32 Å². The van der Waals surface area contributed by atoms with E-state index in [9.17, 15) is 4.79 Å². The minimum Gasteiger partial charge on any atom is -0.415 e. The summed E-state index contributed by atoms with van der Waals surface area (Å²) in [5, 5.41) is 6.62. The molecule has 1 aliphatic rings. The number of hydrogen-bond acceptors (Lipinski definition) is 5. The molecule has 200 valence electrons. The normalized spacial score (nSPS) is 15.9. The fourth-order valence-corrected chi connectivity index (χ4v) is 5.42. The van der Waals surface area contributed by atoms with Crippen LogP contribution < -0.4 is 4.90 Å². The first-order valence-corrected chi connectivity index (χ1v) is 16.4. The summed E-state index contributed by atoms with van der Waals surface area (Å²) in [5.74, 6) is -0.100. The number of carbonyl (C=O) groups is 1. The van der Waals surface area contributed by atoms with Crippen LogP contribution in [-0.2, 0) is 4.43 Å². The predicted octanol–water partition coefficient (Wildman–Crippen LogP) is 6.92. The molecule has 2 heterocycles. The van der Waals surface area contributed by atoms with Crippen LogP contribution in [0.2, 0.25) is 18.1 Å². The number of hydrogen-bond donors (Lipinski definition) is 0. The van der Waals surface area contributed by atoms with Gasteiger partial charge in [0.15, 0.2) is 8.32 Å². The van der Waals surface area contributed by atoms with Gasteiger partial charge in [0, 0.05) is 48.7 Å². The molecule has 4 rings (SSSR count). The lowest BCUT2D eigenvalue weighted by Gasteiger charge is -2.37. The molecule has 6 nitrogen and oxygen atoms in total. The molecule has 38 heavy (non-hydrogen) atoms. The summed E-state index contributed by atoms with van der Waals surface area (Å²) >= 11 is 0. The second-order valence-corrected chi connectivity index (χ2v) is 16.1. The third-order valence-corrected chi connectivity index (χ3v) is 12.3. The molecule has 0 saturated heterocycles. The first-order valence-electron chi connectivity index (χ1n) is 13.5. The highest BCUT2D eigenvalue weighted by Gasteiger charge is 2.37. The largest absolute Gasteiger partial charge is 0.415 e. The van der Waals surface area contributed by atoms with E-state index in [0.29, 0.717) is 12.0 Å². The number of benzene rings is 2. The van der Waals surface area contributed by atoms with E-state index in [-0.39, 0.29) is 17.0 Å². The van der Waals surface area contributed by atoms with Crippen LogP contribution in [0.4, 0.5) is 5.69 Å². The maximum atomic E-state index is 13.5. The second kappa shape index (κ2) is 11.6. The molecular weight excluding hydrogens is 488 g/mol. The Morgan fingerprint density at radius 3 is 2.37 bits per heavy atom. The molecule has 3 aromatic rings. The molecule has 1 atom stereocenters. The Morgan fingerprint density at radius 1 is 1.05 bits per heavy atom. The second-order valence-electron chi connectivity index (χ2n) is 11.3. The van der Waals surface area contributed by atoms with Crippen LogP contribution in [0.3, 0.4) is 0 Å². The molecule has 0 N–H and O–H groups in total. The highest BCUT2D eigenvalue weighted by Crippen LogP contribution is 2.37. The van der Waals surface area contributed by atoms with Crippen LogP contribution in [-0.4, -0.2) is 49.6 Å². The van der Waals surface area contributed by atoms with Gasteiger partial charge in [0.1, 0.15) is 0 Å². The predicted molar refractivity (Wildman–Crippen MR) is 158 cm³/mol. The van der Waals surface area contributed by atoms with Crippen molar-refractivity contribution in [1.29, 1.82) is 0 Å². The highest BCUT2D eigenvalue weighted by molar-refractivity contribution is 6.74. The van der Waals surface area contributed by atoms with Crippen molar-refractivity contribution in [1.82, 2.24) is 9.99 Å². The average Bonchev–Trinajstić information content (AvgIpc) is 3.37. The number of carbonyl (C=O) groups excluding carboxylic acids is 1. The molecule has 1 amide bonds. The third kappa shape index (κ3) is 6.22. The molecule has 2 aromatic carbocycles. The molecule has 0 fully saturated rings. The van der Waals surface area contributed by atoms with Crippen LogP contribution in [0.5, 0.6) is 0 Å². The maximum absolute atomic E-state index is 13.5. The molecule has 7 heteroatoms. The van der Waals surface area contributed by atoms with Crippen molar-refractivity contribution in [3.63, 3.8) is 0 Å². The zero-order chi connectivity index (χ0) is 27.3. The van der Waals surface area contributed by atoms with E-state index in [1.165, 1.54) is 0 Å². The number of nitrogens with zero attached hydrogens (tertiary/aromatic N) is 4. The van der Waals surface area contributed by atoms with Crippen molar-refractivity contribution in [3.05, 3.63) is 95.8 Å². The van der Waals surface area contributed by atoms with E-state index in [1.807, 2.05) is 42.5 Å². The smallest absolute Gasteiger partial charge is 0.274 e. The molecule has 0 saturated carbocycles. The number of amides is 1. The molecule has 0 radical (unpaired) electrons. The monoisotopic (exact) mass is 528 g/mol. The molecule has 1 unspecified atom stereocenters. The Labute approximate surface area is 228 Å². The van der Waals surface area contributed by atoms with Gasteiger partial charge in [-0.25, -0.2) is 5.01 Å². The number of rotatable bonds is 9. The fourth-order valence-electron chi connectivity index (χ4n) is 4.38. The van der Waals surface area contributed by atoms with Crippen molar-refractivity contribution >= 4 is 25.6 Å². The van der Waals surface area contributed by atoms with E-state index >= 15 is 0 Å². The van der Waals surface area contributed by atoms with Gasteiger partial charge >= 0.3 is 0 Å². The lowest BCUT2D eigenvalue weighted by Crippen LogP contribution is -2.42. The fraction of sp³-hybridized carbons (Fsp3) is 0.387. The van der Waals surface area contributed by atoms with E-state index in [2.05, 4.69) is 74.9 Å². The van der Waals surface area contributed by atoms with Gasteiger partial charge in [-0.05, 0) is 61.0 Å². The van der Waals surface area contributed by atoms with Crippen LogP contribution in [0, 0.1) is 0 Å². The van der Waals surface area contributed by atoms with Crippen molar-refractivity contribution in [2.75, 3.05) is 24.6 Å². The molecule has 0 spiro atoms. The average molecular weight is 529 g/mol. The van der Waals surface area contributed by atoms with Crippen molar-refractivity contribution in [3.8, 4) is 0 Å². The molecule has 1 aromatic heterocycles. The zero-order valence-electron chi connectivity index (χ0n) is 23.5. The zero-order valence-corrected chi connectivity index (χ0v) is 24.5. The summed E-state index contributed by atoms with van der Waals surface area (Å²) in [7, 11) is -1.77. The lowest BCUT2D eigenvalue weighted by atomic mass is 9.98. The lowest BCUT2D eigenvalue weighted by molar-refractivity contribution is 0.0711. The van der Waals surface area contributed by atoms with Gasteiger partial charge in [0.05, 0.1) is 18.4 Å². The SMILES string of the molecule is CCN(CCO[Si](C)(C)C(C)(C)C)c1ccc(C2CC(c3cccnc3)=NN2C(=O)c2ccccc2)cc1. The minimum absolute atomic E-state index is 0.100. The highest BCUT2D eigenvalue weighted by atomic mass is 28.4. The molecular formula is C31H40N4O2Si. The number of pyridine rings is 1. The summed E-state index contributed by atoms with van der Waals surface area (Å²) in [6.45, 7) is 16.0. The summed E-state index contributed by atoms with van der Waals surface area (Å²) in [6.07, 6.45) is 4.20. The number of anilines is 1. The summed E-state index contributed by atoms with van der Waals surface area (Å²) in [4.78, 5) is 20.1. The summed E-state index contributed by atoms with van der Waals surface area (Å²) in [5.41, 5.74) is 4.66. The van der Waals surface area contributed by atoms with Gasteiger partial charge in [-0.15, -0.1) is 0 Å². The van der Waals surface area contributed by atoms with Crippen LogP contribution in [0.25, 0.3) is 0 Å². The quantitative estimate of drug-likeness (QED) is 0.283. The van der Waals surface area contributed by atoms with Gasteiger partial charge in [0.2, 0.25) is 0 Å². The van der Waals surface area contributed by atoms with Crippen LogP contribution in [0.15, 0.2) is 84.2 Å². The first kappa shape index (κ1) is 27.7. The van der Waals surface area contributed by atoms with Gasteiger partial charge in [-0.1, -0.05) is 57.2 Å². The Kier molecular flexibility index (Phi) is 8.48. The van der Waals surface area contributed by atoms with Crippen molar-refractivity contribution < 1.29 is 9.22 Å². The van der Waals surface area contributed by atoms with E-state index in [0.717, 1.165) is 42.2 Å². The van der Waals surface area contributed by atoms with Crippen LogP contribution >= 0.6 is 0 Å². The summed E-state index contributed by atoms with van der Waals surface area (Å²) in [6, 6.07) is 21.6. The number of hydrazone groups is 1. The Hall–Kier alpha value is -3.29. The standard InChI is InChI=1S/C31H40N4O2Si/c1-7-34(20-21-37-38(5,6)31(2,3)4)27-17-15-24(16-18-27)29-22-28(26-14-11-19-32-23-26)33-35(29)30(36)25-12-9-8-10-13-25/h8-19,23,29H,7,20-22H2,1-6H3. The Morgan fingerprint density at radius 2 is 1.76 bits per heavy atom. The Bertz CT molecular complexity index is 1240. The Balaban J connectivity index is 1.52. The summed E-state index contributed by atoms with van der Waals surface area (Å²) < 4.78 is 6.42. The topological polar surface area (TPSA) is 58.0 Å². The van der Waals surface area contributed by atoms with Crippen molar-refractivity contribution in [2.45, 2.75) is 58.3 Å². The third-order valence-electron chi connectivity index (χ3n) is 7.79. The van der Waals surface area contributed by atoms with E-state index in [4.69, 9.17) is 9.53 Å². The molecule has 0 aliphatic carbocycles. The number of aromatic nitrogens is 1. The van der Waals surface area contributed by atoms with Crippen molar-refractivity contribution in [2.24, 2.45) is 5.10 Å². The maximum Gasteiger partial charge on any atom is 0.274 e.